The van der Waals surface area contributed by atoms with Gasteiger partial charge in [0.2, 0.25) is 0 Å². The molecule has 0 saturated heterocycles. The third kappa shape index (κ3) is 12.2. The van der Waals surface area contributed by atoms with Crippen LogP contribution in [0.5, 0.6) is 0 Å². The lowest BCUT2D eigenvalue weighted by Crippen LogP contribution is -2.01. The zero-order valence-electron chi connectivity index (χ0n) is 13.1. The summed E-state index contributed by atoms with van der Waals surface area (Å²) in [5.41, 5.74) is 0.550. The van der Waals surface area contributed by atoms with Gasteiger partial charge >= 0.3 is 5.97 Å². The number of hydrogen-bond acceptors (Lipinski definition) is 2. The predicted octanol–water partition coefficient (Wildman–Crippen LogP) is 4.69. The van der Waals surface area contributed by atoms with E-state index in [1.54, 1.807) is 0 Å². The first-order valence-electron chi connectivity index (χ1n) is 8.25. The van der Waals surface area contributed by atoms with E-state index in [0.717, 1.165) is 32.1 Å². The van der Waals surface area contributed by atoms with E-state index in [0.29, 0.717) is 12.0 Å². The van der Waals surface area contributed by atoms with Gasteiger partial charge in [0.15, 0.2) is 0 Å². The summed E-state index contributed by atoms with van der Waals surface area (Å²) >= 11 is 0. The maximum Gasteiger partial charge on any atom is 0.331 e. The summed E-state index contributed by atoms with van der Waals surface area (Å²) in [6, 6.07) is 0. The van der Waals surface area contributed by atoms with Crippen LogP contribution in [0, 0.1) is 0 Å². The Balaban J connectivity index is 3.63. The predicted molar refractivity (Wildman–Crippen MR) is 83.9 cm³/mol. The van der Waals surface area contributed by atoms with Crippen molar-refractivity contribution in [3.05, 3.63) is 11.6 Å². The second-order valence-electron chi connectivity index (χ2n) is 5.48. The van der Waals surface area contributed by atoms with Crippen LogP contribution in [0.1, 0.15) is 84.0 Å². The fourth-order valence-corrected chi connectivity index (χ4v) is 2.28. The second kappa shape index (κ2) is 14.6. The minimum absolute atomic E-state index is 0.189. The molecule has 0 aliphatic carbocycles. The Morgan fingerprint density at radius 3 is 2.05 bits per heavy atom. The van der Waals surface area contributed by atoms with Crippen LogP contribution in [-0.4, -0.2) is 22.8 Å². The van der Waals surface area contributed by atoms with Gasteiger partial charge in [0.1, 0.15) is 0 Å². The molecule has 2 N–H and O–H groups in total. The van der Waals surface area contributed by atoms with E-state index in [4.69, 9.17) is 10.2 Å². The molecule has 0 rings (SSSR count). The van der Waals surface area contributed by atoms with E-state index in [1.807, 2.05) is 6.08 Å². The smallest absolute Gasteiger partial charge is 0.331 e. The molecule has 0 aliphatic heterocycles. The minimum atomic E-state index is -0.781. The van der Waals surface area contributed by atoms with E-state index >= 15 is 0 Å². The average Bonchev–Trinajstić information content (AvgIpc) is 2.43. The van der Waals surface area contributed by atoms with Gasteiger partial charge in [-0.1, -0.05) is 57.9 Å². The molecule has 0 heterocycles. The topological polar surface area (TPSA) is 57.5 Å². The highest BCUT2D eigenvalue weighted by atomic mass is 16.4. The Bertz CT molecular complexity index is 259. The Labute approximate surface area is 124 Å². The summed E-state index contributed by atoms with van der Waals surface area (Å²) in [6.07, 6.45) is 14.8. The number of rotatable bonds is 14. The average molecular weight is 284 g/mol. The first kappa shape index (κ1) is 19.2. The molecule has 118 valence electrons. The maximum atomic E-state index is 11.1. The van der Waals surface area contributed by atoms with Crippen molar-refractivity contribution in [2.45, 2.75) is 84.0 Å². The van der Waals surface area contributed by atoms with Crippen molar-refractivity contribution in [3.8, 4) is 0 Å². The summed E-state index contributed by atoms with van der Waals surface area (Å²) < 4.78 is 0. The number of aliphatic carboxylic acids is 1. The fourth-order valence-electron chi connectivity index (χ4n) is 2.28. The Kier molecular flexibility index (Phi) is 14.0. The van der Waals surface area contributed by atoms with E-state index in [1.165, 1.54) is 38.5 Å². The van der Waals surface area contributed by atoms with Gasteiger partial charge in [-0.15, -0.1) is 0 Å². The van der Waals surface area contributed by atoms with E-state index < -0.39 is 5.97 Å². The molecule has 0 bridgehead atoms. The summed E-state index contributed by atoms with van der Waals surface area (Å²) in [5.74, 6) is -0.781. The zero-order chi connectivity index (χ0) is 15.1. The molecule has 0 spiro atoms. The first-order chi connectivity index (χ1) is 9.72. The molecule has 0 saturated carbocycles. The highest BCUT2D eigenvalue weighted by molar-refractivity contribution is 5.86. The van der Waals surface area contributed by atoms with Crippen molar-refractivity contribution in [2.24, 2.45) is 0 Å². The summed E-state index contributed by atoms with van der Waals surface area (Å²) in [6.45, 7) is 2.41. The molecule has 20 heavy (non-hydrogen) atoms. The number of aliphatic hydroxyl groups excluding tert-OH is 1. The van der Waals surface area contributed by atoms with Crippen LogP contribution in [0.4, 0.5) is 0 Å². The third-order valence-corrected chi connectivity index (χ3v) is 3.58. The van der Waals surface area contributed by atoms with Gasteiger partial charge in [0, 0.05) is 12.2 Å². The summed E-state index contributed by atoms with van der Waals surface area (Å²) in [5, 5.41) is 17.8. The van der Waals surface area contributed by atoms with Crippen molar-refractivity contribution in [1.29, 1.82) is 0 Å². The molecule has 0 fully saturated rings. The van der Waals surface area contributed by atoms with Gasteiger partial charge in [-0.2, -0.15) is 0 Å². The Morgan fingerprint density at radius 2 is 1.50 bits per heavy atom. The van der Waals surface area contributed by atoms with Crippen LogP contribution < -0.4 is 0 Å². The van der Waals surface area contributed by atoms with Gasteiger partial charge in [-0.25, -0.2) is 4.79 Å². The number of carboxylic acids is 1. The largest absolute Gasteiger partial charge is 0.478 e. The number of aliphatic hydroxyl groups is 1. The molecule has 0 aromatic carbocycles. The van der Waals surface area contributed by atoms with Crippen LogP contribution >= 0.6 is 0 Å². The van der Waals surface area contributed by atoms with Crippen LogP contribution in [0.2, 0.25) is 0 Å². The highest BCUT2D eigenvalue weighted by Gasteiger charge is 2.06. The number of carbonyl (C=O) groups is 1. The van der Waals surface area contributed by atoms with Gasteiger partial charge in [0.05, 0.1) is 0 Å². The molecular weight excluding hydrogens is 252 g/mol. The van der Waals surface area contributed by atoms with E-state index in [-0.39, 0.29) is 6.61 Å². The lowest BCUT2D eigenvalue weighted by Gasteiger charge is -2.04. The van der Waals surface area contributed by atoms with Crippen LogP contribution in [0.15, 0.2) is 11.6 Å². The second-order valence-corrected chi connectivity index (χ2v) is 5.48. The van der Waals surface area contributed by atoms with Crippen molar-refractivity contribution >= 4 is 5.97 Å². The van der Waals surface area contributed by atoms with Gasteiger partial charge in [-0.05, 0) is 32.1 Å². The molecule has 0 amide bonds. The van der Waals surface area contributed by atoms with E-state index in [2.05, 4.69) is 6.92 Å². The molecule has 0 aliphatic rings. The molecular formula is C17H32O3. The van der Waals surface area contributed by atoms with Crippen LogP contribution in [0.25, 0.3) is 0 Å². The number of allylic oxidation sites excluding steroid dienone is 1. The fraction of sp³-hybridized carbons (Fsp3) is 0.824. The number of carboxylic acid groups (broad SMARTS) is 1. The van der Waals surface area contributed by atoms with Gasteiger partial charge in [-0.3, -0.25) is 0 Å². The molecule has 0 aromatic heterocycles. The molecule has 3 nitrogen and oxygen atoms in total. The minimum Gasteiger partial charge on any atom is -0.478 e. The normalized spacial score (nSPS) is 11.8. The monoisotopic (exact) mass is 284 g/mol. The Morgan fingerprint density at radius 1 is 0.900 bits per heavy atom. The molecule has 0 atom stereocenters. The van der Waals surface area contributed by atoms with Crippen molar-refractivity contribution in [2.75, 3.05) is 6.61 Å². The Hall–Kier alpha value is -0.830. The summed E-state index contributed by atoms with van der Waals surface area (Å²) in [4.78, 5) is 11.1. The molecule has 3 heteroatoms. The van der Waals surface area contributed by atoms with Crippen molar-refractivity contribution in [3.63, 3.8) is 0 Å². The van der Waals surface area contributed by atoms with Gasteiger partial charge < -0.3 is 10.2 Å². The van der Waals surface area contributed by atoms with Crippen molar-refractivity contribution in [1.82, 2.24) is 0 Å². The quantitative estimate of drug-likeness (QED) is 0.359. The molecule has 0 unspecified atom stereocenters. The lowest BCUT2D eigenvalue weighted by molar-refractivity contribution is -0.132. The third-order valence-electron chi connectivity index (χ3n) is 3.58. The SMILES string of the molecule is CCCCCCCCCCC(=CCCCCO)C(=O)O. The lowest BCUT2D eigenvalue weighted by atomic mass is 10.0. The molecule has 0 aromatic rings. The van der Waals surface area contributed by atoms with Crippen molar-refractivity contribution < 1.29 is 15.0 Å². The maximum absolute atomic E-state index is 11.1. The molecule has 0 radical (unpaired) electrons. The first-order valence-corrected chi connectivity index (χ1v) is 8.25. The standard InChI is InChI=1S/C17H32O3/c1-2-3-4-5-6-7-8-10-13-16(17(19)20)14-11-9-12-15-18/h14,18H,2-13,15H2,1H3,(H,19,20). The summed E-state index contributed by atoms with van der Waals surface area (Å²) in [7, 11) is 0. The van der Waals surface area contributed by atoms with Crippen LogP contribution in [-0.2, 0) is 4.79 Å². The number of hydrogen-bond donors (Lipinski definition) is 2. The van der Waals surface area contributed by atoms with Crippen LogP contribution in [0.3, 0.4) is 0 Å². The zero-order valence-corrected chi connectivity index (χ0v) is 13.1. The highest BCUT2D eigenvalue weighted by Crippen LogP contribution is 2.14. The number of unbranched alkanes of at least 4 members (excludes halogenated alkanes) is 9. The van der Waals surface area contributed by atoms with E-state index in [9.17, 15) is 4.79 Å². The van der Waals surface area contributed by atoms with Gasteiger partial charge in [0.25, 0.3) is 0 Å².